The third-order valence-electron chi connectivity index (χ3n) is 1.56. The van der Waals surface area contributed by atoms with Crippen molar-refractivity contribution in [2.45, 2.75) is 20.5 Å². The molecular formula is C11H14O2. The molecule has 0 radical (unpaired) electrons. The van der Waals surface area contributed by atoms with Crippen LogP contribution < -0.4 is 4.74 Å². The number of hydrogen-bond donors (Lipinski definition) is 1. The molecule has 1 aromatic carbocycles. The molecule has 0 heterocycles. The monoisotopic (exact) mass is 178 g/mol. The summed E-state index contributed by atoms with van der Waals surface area (Å²) in [5.41, 5.74) is 1.90. The maximum Gasteiger partial charge on any atom is 0.132 e. The molecule has 2 nitrogen and oxygen atoms in total. The van der Waals surface area contributed by atoms with Gasteiger partial charge in [0, 0.05) is 5.56 Å². The zero-order valence-electron chi connectivity index (χ0n) is 7.95. The van der Waals surface area contributed by atoms with Crippen LogP contribution in [-0.4, -0.2) is 5.11 Å². The number of hydrogen-bond acceptors (Lipinski definition) is 2. The summed E-state index contributed by atoms with van der Waals surface area (Å²) in [5.74, 6) is 0.714. The first-order valence-corrected chi connectivity index (χ1v) is 4.23. The van der Waals surface area contributed by atoms with Gasteiger partial charge >= 0.3 is 0 Å². The summed E-state index contributed by atoms with van der Waals surface area (Å²) in [6, 6.07) is 7.44. The van der Waals surface area contributed by atoms with Crippen molar-refractivity contribution >= 4 is 0 Å². The molecule has 0 atom stereocenters. The van der Waals surface area contributed by atoms with E-state index >= 15 is 0 Å². The summed E-state index contributed by atoms with van der Waals surface area (Å²) in [4.78, 5) is 0. The lowest BCUT2D eigenvalue weighted by Crippen LogP contribution is -1.90. The van der Waals surface area contributed by atoms with Crippen molar-refractivity contribution in [3.8, 4) is 5.75 Å². The largest absolute Gasteiger partial charge is 0.465 e. The van der Waals surface area contributed by atoms with Gasteiger partial charge in [0.2, 0.25) is 0 Å². The minimum absolute atomic E-state index is 0.00672. The molecule has 0 saturated heterocycles. The lowest BCUT2D eigenvalue weighted by atomic mass is 10.2. The summed E-state index contributed by atoms with van der Waals surface area (Å²) in [7, 11) is 0. The van der Waals surface area contributed by atoms with Crippen LogP contribution in [0.3, 0.4) is 0 Å². The topological polar surface area (TPSA) is 29.5 Å². The molecule has 0 unspecified atom stereocenters. The first-order valence-electron chi connectivity index (χ1n) is 4.23. The summed E-state index contributed by atoms with van der Waals surface area (Å²) >= 11 is 0. The van der Waals surface area contributed by atoms with Gasteiger partial charge in [0.05, 0.1) is 12.9 Å². The minimum Gasteiger partial charge on any atom is -0.465 e. The van der Waals surface area contributed by atoms with E-state index < -0.39 is 0 Å². The van der Waals surface area contributed by atoms with Crippen molar-refractivity contribution in [2.24, 2.45) is 0 Å². The Bertz CT molecular complexity index is 299. The van der Waals surface area contributed by atoms with Crippen LogP contribution in [0.15, 0.2) is 36.1 Å². The van der Waals surface area contributed by atoms with E-state index in [0.717, 1.165) is 11.1 Å². The van der Waals surface area contributed by atoms with Crippen molar-refractivity contribution in [3.63, 3.8) is 0 Å². The minimum atomic E-state index is 0.00672. The van der Waals surface area contributed by atoms with E-state index in [2.05, 4.69) is 0 Å². The average Bonchev–Trinajstić information content (AvgIpc) is 2.15. The van der Waals surface area contributed by atoms with Crippen LogP contribution in [0.1, 0.15) is 19.4 Å². The van der Waals surface area contributed by atoms with Crippen molar-refractivity contribution < 1.29 is 9.84 Å². The Morgan fingerprint density at radius 1 is 1.38 bits per heavy atom. The molecule has 0 aromatic heterocycles. The highest BCUT2D eigenvalue weighted by molar-refractivity contribution is 5.33. The zero-order valence-corrected chi connectivity index (χ0v) is 7.95. The van der Waals surface area contributed by atoms with E-state index in [1.54, 1.807) is 6.26 Å². The predicted molar refractivity (Wildman–Crippen MR) is 52.4 cm³/mol. The van der Waals surface area contributed by atoms with Gasteiger partial charge in [0.25, 0.3) is 0 Å². The van der Waals surface area contributed by atoms with Crippen LogP contribution in [0.2, 0.25) is 0 Å². The molecule has 1 N–H and O–H groups in total. The zero-order chi connectivity index (χ0) is 9.68. The Balaban J connectivity index is 2.81. The van der Waals surface area contributed by atoms with Crippen molar-refractivity contribution in [3.05, 3.63) is 41.7 Å². The van der Waals surface area contributed by atoms with Gasteiger partial charge in [-0.3, -0.25) is 0 Å². The molecule has 1 aromatic rings. The van der Waals surface area contributed by atoms with Crippen LogP contribution in [0.5, 0.6) is 5.75 Å². The smallest absolute Gasteiger partial charge is 0.132 e. The lowest BCUT2D eigenvalue weighted by Gasteiger charge is -2.05. The number of aliphatic hydroxyl groups excluding tert-OH is 1. The molecular weight excluding hydrogens is 164 g/mol. The molecule has 0 saturated carbocycles. The van der Waals surface area contributed by atoms with Crippen LogP contribution in [-0.2, 0) is 6.61 Å². The molecule has 0 aliphatic heterocycles. The molecule has 0 aliphatic carbocycles. The van der Waals surface area contributed by atoms with E-state index in [0.29, 0.717) is 5.75 Å². The third-order valence-corrected chi connectivity index (χ3v) is 1.56. The molecule has 70 valence electrons. The van der Waals surface area contributed by atoms with Gasteiger partial charge in [-0.25, -0.2) is 0 Å². The van der Waals surface area contributed by atoms with Gasteiger partial charge in [-0.1, -0.05) is 18.2 Å². The van der Waals surface area contributed by atoms with Gasteiger partial charge < -0.3 is 9.84 Å². The Morgan fingerprint density at radius 3 is 2.69 bits per heavy atom. The fourth-order valence-corrected chi connectivity index (χ4v) is 0.931. The maximum atomic E-state index is 8.98. The standard InChI is InChI=1S/C11H14O2/c1-9(2)8-13-11-6-4-3-5-10(11)7-12/h3-6,8,12H,7H2,1-2H3. The Hall–Kier alpha value is -1.28. The van der Waals surface area contributed by atoms with E-state index in [1.165, 1.54) is 0 Å². The number of benzene rings is 1. The van der Waals surface area contributed by atoms with Gasteiger partial charge in [0.1, 0.15) is 5.75 Å². The number of rotatable bonds is 3. The van der Waals surface area contributed by atoms with Crippen LogP contribution in [0, 0.1) is 0 Å². The van der Waals surface area contributed by atoms with Crippen molar-refractivity contribution in [1.82, 2.24) is 0 Å². The van der Waals surface area contributed by atoms with E-state index in [1.807, 2.05) is 38.1 Å². The van der Waals surface area contributed by atoms with Gasteiger partial charge in [-0.15, -0.1) is 0 Å². The second-order valence-corrected chi connectivity index (χ2v) is 3.08. The lowest BCUT2D eigenvalue weighted by molar-refractivity contribution is 0.276. The van der Waals surface area contributed by atoms with Crippen molar-refractivity contribution in [2.75, 3.05) is 0 Å². The number of aliphatic hydroxyl groups is 1. The van der Waals surface area contributed by atoms with Crippen molar-refractivity contribution in [1.29, 1.82) is 0 Å². The summed E-state index contributed by atoms with van der Waals surface area (Å²) in [6.07, 6.45) is 1.68. The van der Waals surface area contributed by atoms with Gasteiger partial charge in [-0.2, -0.15) is 0 Å². The second-order valence-electron chi connectivity index (χ2n) is 3.08. The third kappa shape index (κ3) is 2.92. The molecule has 2 heteroatoms. The molecule has 0 bridgehead atoms. The highest BCUT2D eigenvalue weighted by atomic mass is 16.5. The predicted octanol–water partition coefficient (Wildman–Crippen LogP) is 2.48. The molecule has 1 rings (SSSR count). The van der Waals surface area contributed by atoms with Crippen LogP contribution in [0.25, 0.3) is 0 Å². The Labute approximate surface area is 78.5 Å². The van der Waals surface area contributed by atoms with E-state index in [9.17, 15) is 0 Å². The summed E-state index contributed by atoms with van der Waals surface area (Å²) in [6.45, 7) is 3.93. The highest BCUT2D eigenvalue weighted by Gasteiger charge is 1.98. The maximum absolute atomic E-state index is 8.98. The van der Waals surface area contributed by atoms with Crippen LogP contribution >= 0.6 is 0 Å². The molecule has 0 amide bonds. The average molecular weight is 178 g/mol. The molecule has 0 fully saturated rings. The second kappa shape index (κ2) is 4.67. The highest BCUT2D eigenvalue weighted by Crippen LogP contribution is 2.18. The molecule has 0 aliphatic rings. The van der Waals surface area contributed by atoms with Gasteiger partial charge in [0.15, 0.2) is 0 Å². The Morgan fingerprint density at radius 2 is 2.08 bits per heavy atom. The van der Waals surface area contributed by atoms with E-state index in [4.69, 9.17) is 9.84 Å². The van der Waals surface area contributed by atoms with Gasteiger partial charge in [-0.05, 0) is 25.5 Å². The summed E-state index contributed by atoms with van der Waals surface area (Å²) in [5, 5.41) is 8.98. The fraction of sp³-hybridized carbons (Fsp3) is 0.273. The molecule has 13 heavy (non-hydrogen) atoms. The number of allylic oxidation sites excluding steroid dienone is 1. The van der Waals surface area contributed by atoms with E-state index in [-0.39, 0.29) is 6.61 Å². The first-order chi connectivity index (χ1) is 6.24. The SMILES string of the molecule is CC(C)=COc1ccccc1CO. The quantitative estimate of drug-likeness (QED) is 0.720. The normalized spacial score (nSPS) is 9.46. The Kier molecular flexibility index (Phi) is 3.53. The fourth-order valence-electron chi connectivity index (χ4n) is 0.931. The van der Waals surface area contributed by atoms with Crippen LogP contribution in [0.4, 0.5) is 0 Å². The first kappa shape index (κ1) is 9.81. The molecule has 0 spiro atoms. The number of ether oxygens (including phenoxy) is 1. The number of para-hydroxylation sites is 1. The summed E-state index contributed by atoms with van der Waals surface area (Å²) < 4.78 is 5.37.